The van der Waals surface area contributed by atoms with E-state index in [2.05, 4.69) is 22.0 Å². The molecule has 2 N–H and O–H groups in total. The van der Waals surface area contributed by atoms with Gasteiger partial charge in [0.05, 0.1) is 5.69 Å². The minimum atomic E-state index is 0.177. The highest BCUT2D eigenvalue weighted by Gasteiger charge is 2.04. The van der Waals surface area contributed by atoms with Gasteiger partial charge in [0.2, 0.25) is 5.95 Å². The molecule has 0 saturated carbocycles. The van der Waals surface area contributed by atoms with Crippen molar-refractivity contribution < 1.29 is 0 Å². The van der Waals surface area contributed by atoms with Crippen LogP contribution in [0.15, 0.2) is 24.7 Å². The first kappa shape index (κ1) is 11.7. The van der Waals surface area contributed by atoms with E-state index in [0.717, 1.165) is 24.1 Å². The summed E-state index contributed by atoms with van der Waals surface area (Å²) in [5.74, 6) is 0.590. The molecule has 0 aliphatic rings. The first-order valence-corrected chi connectivity index (χ1v) is 5.78. The quantitative estimate of drug-likeness (QED) is 0.859. The van der Waals surface area contributed by atoms with E-state index in [9.17, 15) is 0 Å². The molecule has 90 valence electrons. The predicted octanol–water partition coefficient (Wildman–Crippen LogP) is 1.25. The summed E-state index contributed by atoms with van der Waals surface area (Å²) in [6.45, 7) is 4.01. The van der Waals surface area contributed by atoms with E-state index in [4.69, 9.17) is 5.73 Å². The standard InChI is InChI=1S/C12H17N5/c1-3-11(13)6-10-7-14-12(15-8-10)17-5-4-9(2)16-17/h4-5,7-8,11H,3,6,13H2,1-2H3. The molecule has 1 atom stereocenters. The number of hydrogen-bond acceptors (Lipinski definition) is 4. The molecule has 17 heavy (non-hydrogen) atoms. The van der Waals surface area contributed by atoms with E-state index in [1.807, 2.05) is 31.6 Å². The van der Waals surface area contributed by atoms with Crippen molar-refractivity contribution in [2.75, 3.05) is 0 Å². The van der Waals surface area contributed by atoms with Gasteiger partial charge in [0.1, 0.15) is 0 Å². The lowest BCUT2D eigenvalue weighted by Gasteiger charge is -2.07. The SMILES string of the molecule is CCC(N)Cc1cnc(-n2ccc(C)n2)nc1. The van der Waals surface area contributed by atoms with Crippen LogP contribution in [0.5, 0.6) is 0 Å². The van der Waals surface area contributed by atoms with Crippen molar-refractivity contribution in [1.29, 1.82) is 0 Å². The van der Waals surface area contributed by atoms with Gasteiger partial charge >= 0.3 is 0 Å². The normalized spacial score (nSPS) is 12.6. The Hall–Kier alpha value is -1.75. The lowest BCUT2D eigenvalue weighted by atomic mass is 10.1. The summed E-state index contributed by atoms with van der Waals surface area (Å²) in [6, 6.07) is 2.10. The maximum atomic E-state index is 5.88. The Morgan fingerprint density at radius 1 is 1.35 bits per heavy atom. The van der Waals surface area contributed by atoms with Gasteiger partial charge in [0.25, 0.3) is 0 Å². The third kappa shape index (κ3) is 2.88. The molecule has 5 nitrogen and oxygen atoms in total. The second kappa shape index (κ2) is 5.05. The van der Waals surface area contributed by atoms with Gasteiger partial charge in [-0.2, -0.15) is 5.10 Å². The van der Waals surface area contributed by atoms with E-state index in [1.54, 1.807) is 4.68 Å². The van der Waals surface area contributed by atoms with Crippen LogP contribution >= 0.6 is 0 Å². The van der Waals surface area contributed by atoms with E-state index in [0.29, 0.717) is 5.95 Å². The Balaban J connectivity index is 2.13. The molecule has 2 rings (SSSR count). The molecule has 0 aromatic carbocycles. The van der Waals surface area contributed by atoms with Crippen molar-refractivity contribution in [2.45, 2.75) is 32.7 Å². The fraction of sp³-hybridized carbons (Fsp3) is 0.417. The molecule has 2 aromatic heterocycles. The van der Waals surface area contributed by atoms with E-state index >= 15 is 0 Å². The average Bonchev–Trinajstić information content (AvgIpc) is 2.77. The van der Waals surface area contributed by atoms with Gasteiger partial charge in [-0.25, -0.2) is 14.6 Å². The molecule has 0 amide bonds. The van der Waals surface area contributed by atoms with Crippen LogP contribution in [0.4, 0.5) is 0 Å². The van der Waals surface area contributed by atoms with Crippen molar-refractivity contribution in [3.05, 3.63) is 35.9 Å². The summed E-state index contributed by atoms with van der Waals surface area (Å²) in [5.41, 5.74) is 7.90. The Kier molecular flexibility index (Phi) is 3.49. The Labute approximate surface area is 101 Å². The maximum Gasteiger partial charge on any atom is 0.250 e. The third-order valence-corrected chi connectivity index (χ3v) is 2.64. The number of rotatable bonds is 4. The van der Waals surface area contributed by atoms with Gasteiger partial charge in [-0.3, -0.25) is 0 Å². The fourth-order valence-corrected chi connectivity index (χ4v) is 1.55. The molecular formula is C12H17N5. The van der Waals surface area contributed by atoms with Crippen molar-refractivity contribution in [1.82, 2.24) is 19.7 Å². The maximum absolute atomic E-state index is 5.88. The zero-order chi connectivity index (χ0) is 12.3. The summed E-state index contributed by atoms with van der Waals surface area (Å²) >= 11 is 0. The van der Waals surface area contributed by atoms with Crippen LogP contribution in [0.25, 0.3) is 5.95 Å². The van der Waals surface area contributed by atoms with Gasteiger partial charge in [0.15, 0.2) is 0 Å². The van der Waals surface area contributed by atoms with Crippen molar-refractivity contribution in [2.24, 2.45) is 5.73 Å². The van der Waals surface area contributed by atoms with Crippen LogP contribution in [0.1, 0.15) is 24.6 Å². The molecule has 5 heteroatoms. The molecule has 2 aromatic rings. The average molecular weight is 231 g/mol. The lowest BCUT2D eigenvalue weighted by molar-refractivity contribution is 0.642. The highest BCUT2D eigenvalue weighted by atomic mass is 15.3. The number of hydrogen-bond donors (Lipinski definition) is 1. The van der Waals surface area contributed by atoms with Crippen LogP contribution < -0.4 is 5.73 Å². The van der Waals surface area contributed by atoms with Crippen LogP contribution in [-0.2, 0) is 6.42 Å². The van der Waals surface area contributed by atoms with Crippen LogP contribution in [0.3, 0.4) is 0 Å². The zero-order valence-electron chi connectivity index (χ0n) is 10.2. The second-order valence-corrected chi connectivity index (χ2v) is 4.17. The first-order chi connectivity index (χ1) is 8.19. The Bertz CT molecular complexity index is 474. The highest BCUT2D eigenvalue weighted by molar-refractivity contribution is 5.15. The van der Waals surface area contributed by atoms with Crippen LogP contribution in [0, 0.1) is 6.92 Å². The zero-order valence-corrected chi connectivity index (χ0v) is 10.2. The van der Waals surface area contributed by atoms with Crippen molar-refractivity contribution in [3.63, 3.8) is 0 Å². The van der Waals surface area contributed by atoms with Crippen LogP contribution in [0.2, 0.25) is 0 Å². The van der Waals surface area contributed by atoms with Gasteiger partial charge in [-0.15, -0.1) is 0 Å². The molecule has 0 aliphatic carbocycles. The molecule has 0 fully saturated rings. The second-order valence-electron chi connectivity index (χ2n) is 4.17. The summed E-state index contributed by atoms with van der Waals surface area (Å²) < 4.78 is 1.67. The van der Waals surface area contributed by atoms with Crippen molar-refractivity contribution >= 4 is 0 Å². The fourth-order valence-electron chi connectivity index (χ4n) is 1.55. The minimum Gasteiger partial charge on any atom is -0.327 e. The number of aromatic nitrogens is 4. The van der Waals surface area contributed by atoms with E-state index in [-0.39, 0.29) is 6.04 Å². The van der Waals surface area contributed by atoms with Gasteiger partial charge in [-0.1, -0.05) is 6.92 Å². The molecule has 2 heterocycles. The van der Waals surface area contributed by atoms with Crippen LogP contribution in [-0.4, -0.2) is 25.8 Å². The molecule has 1 unspecified atom stereocenters. The molecule has 0 saturated heterocycles. The summed E-state index contributed by atoms with van der Waals surface area (Å²) in [7, 11) is 0. The van der Waals surface area contributed by atoms with Crippen molar-refractivity contribution in [3.8, 4) is 5.95 Å². The monoisotopic (exact) mass is 231 g/mol. The van der Waals surface area contributed by atoms with Gasteiger partial charge in [0, 0.05) is 24.6 Å². The van der Waals surface area contributed by atoms with Gasteiger partial charge in [-0.05, 0) is 31.4 Å². The Morgan fingerprint density at radius 2 is 2.06 bits per heavy atom. The number of nitrogens with two attached hydrogens (primary N) is 1. The first-order valence-electron chi connectivity index (χ1n) is 5.78. The summed E-state index contributed by atoms with van der Waals surface area (Å²) in [4.78, 5) is 8.57. The summed E-state index contributed by atoms with van der Waals surface area (Å²) in [5, 5.41) is 4.25. The van der Waals surface area contributed by atoms with E-state index < -0.39 is 0 Å². The molecule has 0 bridgehead atoms. The molecule has 0 spiro atoms. The lowest BCUT2D eigenvalue weighted by Crippen LogP contribution is -2.21. The summed E-state index contributed by atoms with van der Waals surface area (Å²) in [6.07, 6.45) is 7.25. The molecule has 0 aliphatic heterocycles. The van der Waals surface area contributed by atoms with E-state index in [1.165, 1.54) is 0 Å². The topological polar surface area (TPSA) is 69.6 Å². The predicted molar refractivity (Wildman–Crippen MR) is 65.9 cm³/mol. The smallest absolute Gasteiger partial charge is 0.250 e. The minimum absolute atomic E-state index is 0.177. The third-order valence-electron chi connectivity index (χ3n) is 2.64. The highest BCUT2D eigenvalue weighted by Crippen LogP contribution is 2.05. The molecule has 0 radical (unpaired) electrons. The number of aryl methyl sites for hydroxylation is 1. The molecular weight excluding hydrogens is 214 g/mol. The largest absolute Gasteiger partial charge is 0.327 e. The number of nitrogens with zero attached hydrogens (tertiary/aromatic N) is 4. The Morgan fingerprint density at radius 3 is 2.59 bits per heavy atom. The van der Waals surface area contributed by atoms with Gasteiger partial charge < -0.3 is 5.73 Å².